The van der Waals surface area contributed by atoms with Gasteiger partial charge in [-0.3, -0.25) is 4.79 Å². The molecule has 1 aromatic rings. The van der Waals surface area contributed by atoms with Crippen LogP contribution in [0.2, 0.25) is 5.02 Å². The monoisotopic (exact) mass is 329 g/mol. The van der Waals surface area contributed by atoms with Crippen molar-refractivity contribution >= 4 is 40.9 Å². The number of benzene rings is 1. The van der Waals surface area contributed by atoms with E-state index in [-0.39, 0.29) is 11.2 Å². The zero-order valence-corrected chi connectivity index (χ0v) is 14.0. The number of esters is 1. The summed E-state index contributed by atoms with van der Waals surface area (Å²) in [6.45, 7) is 3.97. The van der Waals surface area contributed by atoms with Gasteiger partial charge in [-0.25, -0.2) is 4.79 Å². The van der Waals surface area contributed by atoms with E-state index in [4.69, 9.17) is 11.6 Å². The number of methoxy groups -OCH3 is 1. The van der Waals surface area contributed by atoms with Crippen molar-refractivity contribution in [2.24, 2.45) is 0 Å². The standard InChI is InChI=1S/C15H20ClNO3S/c1-4-5-8-21-10(2)14(18)17-13-9-11(15(19)20-3)6-7-12(13)16/h6-7,9-10H,4-5,8H2,1-3H3,(H,17,18). The lowest BCUT2D eigenvalue weighted by molar-refractivity contribution is -0.115. The molecular formula is C15H20ClNO3S. The number of ether oxygens (including phenoxy) is 1. The molecule has 1 amide bonds. The lowest BCUT2D eigenvalue weighted by Gasteiger charge is -2.13. The smallest absolute Gasteiger partial charge is 0.337 e. The minimum atomic E-state index is -0.465. The Labute approximate surface area is 134 Å². The molecule has 0 fully saturated rings. The molecule has 6 heteroatoms. The summed E-state index contributed by atoms with van der Waals surface area (Å²) in [4.78, 5) is 23.6. The molecule has 1 aromatic carbocycles. The summed E-state index contributed by atoms with van der Waals surface area (Å²) in [5.41, 5.74) is 0.774. The normalized spacial score (nSPS) is 11.8. The zero-order valence-electron chi connectivity index (χ0n) is 12.4. The Bertz CT molecular complexity index is 508. The van der Waals surface area contributed by atoms with Crippen LogP contribution < -0.4 is 5.32 Å². The molecule has 4 nitrogen and oxygen atoms in total. The highest BCUT2D eigenvalue weighted by Gasteiger charge is 2.16. The van der Waals surface area contributed by atoms with Crippen LogP contribution in [0.15, 0.2) is 18.2 Å². The molecular weight excluding hydrogens is 310 g/mol. The predicted octanol–water partition coefficient (Wildman–Crippen LogP) is 3.99. The molecule has 1 N–H and O–H groups in total. The first-order valence-electron chi connectivity index (χ1n) is 6.80. The molecule has 21 heavy (non-hydrogen) atoms. The van der Waals surface area contributed by atoms with E-state index in [9.17, 15) is 9.59 Å². The van der Waals surface area contributed by atoms with Crippen molar-refractivity contribution in [3.63, 3.8) is 0 Å². The molecule has 0 radical (unpaired) electrons. The van der Waals surface area contributed by atoms with Crippen LogP contribution in [0, 0.1) is 0 Å². The van der Waals surface area contributed by atoms with Gasteiger partial charge in [-0.05, 0) is 37.3 Å². The third kappa shape index (κ3) is 5.59. The predicted molar refractivity (Wildman–Crippen MR) is 88.2 cm³/mol. The van der Waals surface area contributed by atoms with E-state index >= 15 is 0 Å². The average Bonchev–Trinajstić information content (AvgIpc) is 2.48. The van der Waals surface area contributed by atoms with E-state index < -0.39 is 5.97 Å². The molecule has 0 aliphatic carbocycles. The van der Waals surface area contributed by atoms with Gasteiger partial charge in [0.05, 0.1) is 28.6 Å². The molecule has 0 saturated heterocycles. The third-order valence-electron chi connectivity index (χ3n) is 2.88. The first-order chi connectivity index (χ1) is 9.99. The summed E-state index contributed by atoms with van der Waals surface area (Å²) in [6, 6.07) is 4.65. The van der Waals surface area contributed by atoms with Gasteiger partial charge in [-0.15, -0.1) is 11.8 Å². The fourth-order valence-corrected chi connectivity index (χ4v) is 2.76. The SMILES string of the molecule is CCCCSC(C)C(=O)Nc1cc(C(=O)OC)ccc1Cl. The number of thioether (sulfide) groups is 1. The molecule has 0 aliphatic rings. The second kappa shape index (κ2) is 8.95. The van der Waals surface area contributed by atoms with Gasteiger partial charge < -0.3 is 10.1 Å². The Kier molecular flexibility index (Phi) is 7.61. The Morgan fingerprint density at radius 2 is 2.14 bits per heavy atom. The van der Waals surface area contributed by atoms with Crippen LogP contribution in [0.4, 0.5) is 5.69 Å². The lowest BCUT2D eigenvalue weighted by Crippen LogP contribution is -2.23. The highest BCUT2D eigenvalue weighted by Crippen LogP contribution is 2.25. The summed E-state index contributed by atoms with van der Waals surface area (Å²) in [7, 11) is 1.31. The Morgan fingerprint density at radius 1 is 1.43 bits per heavy atom. The summed E-state index contributed by atoms with van der Waals surface area (Å²) < 4.78 is 4.65. The number of unbranched alkanes of at least 4 members (excludes halogenated alkanes) is 1. The van der Waals surface area contributed by atoms with Crippen LogP contribution in [-0.2, 0) is 9.53 Å². The molecule has 1 atom stereocenters. The Balaban J connectivity index is 2.72. The number of hydrogen-bond acceptors (Lipinski definition) is 4. The number of amides is 1. The largest absolute Gasteiger partial charge is 0.465 e. The maximum absolute atomic E-state index is 12.1. The molecule has 116 valence electrons. The van der Waals surface area contributed by atoms with Crippen LogP contribution in [0.3, 0.4) is 0 Å². The number of carbonyl (C=O) groups is 2. The molecule has 0 saturated carbocycles. The third-order valence-corrected chi connectivity index (χ3v) is 4.45. The van der Waals surface area contributed by atoms with Crippen molar-refractivity contribution in [1.29, 1.82) is 0 Å². The topological polar surface area (TPSA) is 55.4 Å². The van der Waals surface area contributed by atoms with Gasteiger partial charge in [0.25, 0.3) is 0 Å². The van der Waals surface area contributed by atoms with Crippen molar-refractivity contribution in [3.05, 3.63) is 28.8 Å². The maximum Gasteiger partial charge on any atom is 0.337 e. The fraction of sp³-hybridized carbons (Fsp3) is 0.467. The van der Waals surface area contributed by atoms with Gasteiger partial charge in [0.2, 0.25) is 5.91 Å². The molecule has 0 aromatic heterocycles. The lowest BCUT2D eigenvalue weighted by atomic mass is 10.2. The van der Waals surface area contributed by atoms with Crippen LogP contribution in [0.1, 0.15) is 37.0 Å². The van der Waals surface area contributed by atoms with Gasteiger partial charge in [0.15, 0.2) is 0 Å². The summed E-state index contributed by atoms with van der Waals surface area (Å²) >= 11 is 7.65. The second-order valence-electron chi connectivity index (χ2n) is 4.54. The van der Waals surface area contributed by atoms with Crippen molar-refractivity contribution in [3.8, 4) is 0 Å². The number of hydrogen-bond donors (Lipinski definition) is 1. The van der Waals surface area contributed by atoms with Crippen LogP contribution in [0.5, 0.6) is 0 Å². The average molecular weight is 330 g/mol. The minimum absolute atomic E-state index is 0.125. The molecule has 0 aliphatic heterocycles. The van der Waals surface area contributed by atoms with Crippen LogP contribution >= 0.6 is 23.4 Å². The van der Waals surface area contributed by atoms with Gasteiger partial charge in [-0.1, -0.05) is 24.9 Å². The van der Waals surface area contributed by atoms with Gasteiger partial charge >= 0.3 is 5.97 Å². The van der Waals surface area contributed by atoms with Gasteiger partial charge in [-0.2, -0.15) is 0 Å². The van der Waals surface area contributed by atoms with Crippen LogP contribution in [0.25, 0.3) is 0 Å². The molecule has 1 unspecified atom stereocenters. The Hall–Kier alpha value is -1.20. The maximum atomic E-state index is 12.1. The van der Waals surface area contributed by atoms with E-state index in [1.54, 1.807) is 23.9 Å². The molecule has 0 spiro atoms. The van der Waals surface area contributed by atoms with E-state index in [1.165, 1.54) is 13.2 Å². The van der Waals surface area contributed by atoms with Gasteiger partial charge in [0, 0.05) is 0 Å². The van der Waals surface area contributed by atoms with E-state index in [1.807, 2.05) is 6.92 Å². The number of nitrogens with one attached hydrogen (secondary N) is 1. The minimum Gasteiger partial charge on any atom is -0.465 e. The Morgan fingerprint density at radius 3 is 2.76 bits per heavy atom. The first-order valence-corrected chi connectivity index (χ1v) is 8.22. The number of halogens is 1. The molecule has 0 bridgehead atoms. The fourth-order valence-electron chi connectivity index (χ4n) is 1.58. The van der Waals surface area contributed by atoms with E-state index in [2.05, 4.69) is 17.0 Å². The van der Waals surface area contributed by atoms with Crippen molar-refractivity contribution in [2.45, 2.75) is 31.9 Å². The van der Waals surface area contributed by atoms with Crippen molar-refractivity contribution in [2.75, 3.05) is 18.2 Å². The van der Waals surface area contributed by atoms with Crippen molar-refractivity contribution in [1.82, 2.24) is 0 Å². The molecule has 1 rings (SSSR count). The summed E-state index contributed by atoms with van der Waals surface area (Å²) in [6.07, 6.45) is 2.19. The number of rotatable bonds is 7. The van der Waals surface area contributed by atoms with E-state index in [0.29, 0.717) is 16.3 Å². The second-order valence-corrected chi connectivity index (χ2v) is 6.40. The highest BCUT2D eigenvalue weighted by molar-refractivity contribution is 8.00. The van der Waals surface area contributed by atoms with Crippen LogP contribution in [-0.4, -0.2) is 30.0 Å². The first kappa shape index (κ1) is 17.9. The quantitative estimate of drug-likeness (QED) is 0.607. The highest BCUT2D eigenvalue weighted by atomic mass is 35.5. The van der Waals surface area contributed by atoms with Crippen molar-refractivity contribution < 1.29 is 14.3 Å². The number of carbonyl (C=O) groups excluding carboxylic acids is 2. The summed E-state index contributed by atoms with van der Waals surface area (Å²) in [5, 5.41) is 2.98. The van der Waals surface area contributed by atoms with Gasteiger partial charge in [0.1, 0.15) is 0 Å². The van der Waals surface area contributed by atoms with E-state index in [0.717, 1.165) is 18.6 Å². The number of anilines is 1. The molecule has 0 heterocycles. The zero-order chi connectivity index (χ0) is 15.8. The summed E-state index contributed by atoms with van der Waals surface area (Å²) in [5.74, 6) is 0.355.